The van der Waals surface area contributed by atoms with Crippen molar-refractivity contribution in [2.24, 2.45) is 5.73 Å². The van der Waals surface area contributed by atoms with Gasteiger partial charge in [0.05, 0.1) is 14.2 Å². The maximum Gasteiger partial charge on any atom is 0.325 e. The van der Waals surface area contributed by atoms with Crippen LogP contribution in [0.3, 0.4) is 0 Å². The highest BCUT2D eigenvalue weighted by Gasteiger charge is 2.28. The van der Waals surface area contributed by atoms with Gasteiger partial charge in [-0.3, -0.25) is 4.79 Å². The Hall–Kier alpha value is -1.75. The first kappa shape index (κ1) is 16.3. The Labute approximate surface area is 120 Å². The van der Waals surface area contributed by atoms with Gasteiger partial charge < -0.3 is 20.1 Å². The Balaban J connectivity index is 2.51. The predicted molar refractivity (Wildman–Crippen MR) is 80.1 cm³/mol. The molecule has 0 fully saturated rings. The Morgan fingerprint density at radius 3 is 2.70 bits per heavy atom. The quantitative estimate of drug-likeness (QED) is 0.772. The van der Waals surface area contributed by atoms with E-state index in [1.165, 1.54) is 7.11 Å². The number of hydrogen-bond acceptors (Lipinski definition) is 5. The average Bonchev–Trinajstić information content (AvgIpc) is 2.46. The fraction of sp³-hybridized carbons (Fsp3) is 0.533. The monoisotopic (exact) mass is 280 g/mol. The van der Waals surface area contributed by atoms with Crippen molar-refractivity contribution < 1.29 is 14.3 Å². The summed E-state index contributed by atoms with van der Waals surface area (Å²) in [4.78, 5) is 13.6. The van der Waals surface area contributed by atoms with E-state index in [0.717, 1.165) is 24.4 Å². The third kappa shape index (κ3) is 4.42. The summed E-state index contributed by atoms with van der Waals surface area (Å²) >= 11 is 0. The molecule has 0 aliphatic rings. The van der Waals surface area contributed by atoms with Crippen molar-refractivity contribution >= 4 is 11.7 Å². The number of ether oxygens (including phenoxy) is 2. The first-order valence-electron chi connectivity index (χ1n) is 6.63. The molecular formula is C15H24N2O3. The van der Waals surface area contributed by atoms with Gasteiger partial charge in [-0.1, -0.05) is 6.07 Å². The van der Waals surface area contributed by atoms with Crippen LogP contribution < -0.4 is 15.4 Å². The lowest BCUT2D eigenvalue weighted by Crippen LogP contribution is -2.46. The summed E-state index contributed by atoms with van der Waals surface area (Å²) in [5, 5.41) is 0. The molecule has 0 amide bonds. The van der Waals surface area contributed by atoms with Gasteiger partial charge in [0.1, 0.15) is 11.3 Å². The minimum absolute atomic E-state index is 0.374. The minimum Gasteiger partial charge on any atom is -0.497 e. The third-order valence-electron chi connectivity index (χ3n) is 3.34. The number of hydrogen-bond donors (Lipinski definition) is 1. The number of carbonyl (C=O) groups is 1. The van der Waals surface area contributed by atoms with Crippen molar-refractivity contribution in [1.29, 1.82) is 0 Å². The summed E-state index contributed by atoms with van der Waals surface area (Å²) in [7, 11) is 5.01. The van der Waals surface area contributed by atoms with Crippen LogP contribution in [0.5, 0.6) is 5.75 Å². The van der Waals surface area contributed by atoms with E-state index < -0.39 is 5.54 Å². The highest BCUT2D eigenvalue weighted by atomic mass is 16.5. The molecule has 5 nitrogen and oxygen atoms in total. The first-order valence-corrected chi connectivity index (χ1v) is 6.63. The second-order valence-electron chi connectivity index (χ2n) is 5.14. The van der Waals surface area contributed by atoms with Crippen molar-refractivity contribution in [3.63, 3.8) is 0 Å². The van der Waals surface area contributed by atoms with Gasteiger partial charge in [0, 0.05) is 25.3 Å². The van der Waals surface area contributed by atoms with Crippen molar-refractivity contribution in [2.45, 2.75) is 25.3 Å². The van der Waals surface area contributed by atoms with Crippen LogP contribution in [0.2, 0.25) is 0 Å². The van der Waals surface area contributed by atoms with E-state index >= 15 is 0 Å². The molecule has 0 spiro atoms. The highest BCUT2D eigenvalue weighted by Crippen LogP contribution is 2.20. The van der Waals surface area contributed by atoms with Crippen molar-refractivity contribution in [3.05, 3.63) is 24.3 Å². The van der Waals surface area contributed by atoms with Crippen LogP contribution in [0.25, 0.3) is 0 Å². The van der Waals surface area contributed by atoms with Crippen molar-refractivity contribution in [3.8, 4) is 5.75 Å². The van der Waals surface area contributed by atoms with E-state index in [-0.39, 0.29) is 5.97 Å². The number of nitrogens with zero attached hydrogens (tertiary/aromatic N) is 1. The molecule has 0 aliphatic heterocycles. The first-order chi connectivity index (χ1) is 9.40. The molecule has 0 heterocycles. The second-order valence-corrected chi connectivity index (χ2v) is 5.14. The van der Waals surface area contributed by atoms with Gasteiger partial charge in [0.2, 0.25) is 0 Å². The number of benzene rings is 1. The third-order valence-corrected chi connectivity index (χ3v) is 3.34. The van der Waals surface area contributed by atoms with Crippen LogP contribution >= 0.6 is 0 Å². The summed E-state index contributed by atoms with van der Waals surface area (Å²) < 4.78 is 9.90. The zero-order valence-electron chi connectivity index (χ0n) is 12.7. The fourth-order valence-corrected chi connectivity index (χ4v) is 2.00. The largest absolute Gasteiger partial charge is 0.497 e. The lowest BCUT2D eigenvalue weighted by atomic mass is 9.97. The molecule has 112 valence electrons. The van der Waals surface area contributed by atoms with Gasteiger partial charge in [0.25, 0.3) is 0 Å². The molecule has 0 aromatic heterocycles. The van der Waals surface area contributed by atoms with Crippen LogP contribution in [0, 0.1) is 0 Å². The highest BCUT2D eigenvalue weighted by molar-refractivity contribution is 5.79. The molecule has 2 N–H and O–H groups in total. The topological polar surface area (TPSA) is 64.8 Å². The normalized spacial score (nSPS) is 13.4. The number of rotatable bonds is 7. The van der Waals surface area contributed by atoms with E-state index in [1.807, 2.05) is 31.3 Å². The number of methoxy groups -OCH3 is 2. The maximum atomic E-state index is 11.5. The Morgan fingerprint density at radius 1 is 1.40 bits per heavy atom. The SMILES string of the molecule is COC(=O)C(C)(N)CCCN(C)c1cccc(OC)c1. The van der Waals surface area contributed by atoms with Crippen molar-refractivity contribution in [1.82, 2.24) is 0 Å². The van der Waals surface area contributed by atoms with E-state index in [2.05, 4.69) is 4.90 Å². The molecule has 1 aromatic rings. The molecule has 0 saturated carbocycles. The van der Waals surface area contributed by atoms with Crippen LogP contribution in [0.15, 0.2) is 24.3 Å². The van der Waals surface area contributed by atoms with Gasteiger partial charge in [-0.15, -0.1) is 0 Å². The van der Waals surface area contributed by atoms with E-state index in [4.69, 9.17) is 15.2 Å². The zero-order valence-corrected chi connectivity index (χ0v) is 12.7. The lowest BCUT2D eigenvalue weighted by molar-refractivity contribution is -0.146. The molecule has 0 aliphatic carbocycles. The predicted octanol–water partition coefficient (Wildman–Crippen LogP) is 1.80. The molecule has 5 heteroatoms. The van der Waals surface area contributed by atoms with Crippen LogP contribution in [-0.4, -0.2) is 39.3 Å². The summed E-state index contributed by atoms with van der Waals surface area (Å²) in [6.45, 7) is 2.50. The average molecular weight is 280 g/mol. The van der Waals surface area contributed by atoms with Crippen LogP contribution in [-0.2, 0) is 9.53 Å². The van der Waals surface area contributed by atoms with Gasteiger partial charge in [-0.25, -0.2) is 0 Å². The Morgan fingerprint density at radius 2 is 2.10 bits per heavy atom. The van der Waals surface area contributed by atoms with Gasteiger partial charge in [-0.2, -0.15) is 0 Å². The number of carbonyl (C=O) groups excluding carboxylic acids is 1. The molecule has 1 unspecified atom stereocenters. The lowest BCUT2D eigenvalue weighted by Gasteiger charge is -2.24. The van der Waals surface area contributed by atoms with Gasteiger partial charge in [-0.05, 0) is 31.9 Å². The van der Waals surface area contributed by atoms with Crippen molar-refractivity contribution in [2.75, 3.05) is 32.7 Å². The zero-order chi connectivity index (χ0) is 15.2. The molecular weight excluding hydrogens is 256 g/mol. The van der Waals surface area contributed by atoms with E-state index in [0.29, 0.717) is 6.42 Å². The fourth-order valence-electron chi connectivity index (χ4n) is 2.00. The van der Waals surface area contributed by atoms with E-state index in [1.54, 1.807) is 14.0 Å². The summed E-state index contributed by atoms with van der Waals surface area (Å²) in [5.74, 6) is 0.453. The summed E-state index contributed by atoms with van der Waals surface area (Å²) in [6.07, 6.45) is 1.38. The molecule has 1 rings (SSSR count). The Kier molecular flexibility index (Phi) is 5.82. The number of nitrogens with two attached hydrogens (primary N) is 1. The number of anilines is 1. The van der Waals surface area contributed by atoms with Crippen LogP contribution in [0.1, 0.15) is 19.8 Å². The van der Waals surface area contributed by atoms with E-state index in [9.17, 15) is 4.79 Å². The summed E-state index contributed by atoms with van der Waals surface area (Å²) in [5.41, 5.74) is 6.07. The van der Waals surface area contributed by atoms with Gasteiger partial charge >= 0.3 is 5.97 Å². The second kappa shape index (κ2) is 7.14. The molecule has 1 atom stereocenters. The molecule has 0 saturated heterocycles. The molecule has 1 aromatic carbocycles. The van der Waals surface area contributed by atoms with Gasteiger partial charge in [0.15, 0.2) is 0 Å². The van der Waals surface area contributed by atoms with Crippen LogP contribution in [0.4, 0.5) is 5.69 Å². The summed E-state index contributed by atoms with van der Waals surface area (Å²) in [6, 6.07) is 7.85. The maximum absolute atomic E-state index is 11.5. The standard InChI is InChI=1S/C15H24N2O3/c1-15(16,14(18)20-4)9-6-10-17(2)12-7-5-8-13(11-12)19-3/h5,7-8,11H,6,9-10,16H2,1-4H3. The molecule has 0 radical (unpaired) electrons. The smallest absolute Gasteiger partial charge is 0.325 e. The Bertz CT molecular complexity index is 446. The minimum atomic E-state index is -0.927. The molecule has 20 heavy (non-hydrogen) atoms. The molecule has 0 bridgehead atoms. The number of esters is 1.